The Morgan fingerprint density at radius 1 is 0.441 bits per heavy atom. The zero-order chi connectivity index (χ0) is 24.5. The van der Waals surface area contributed by atoms with E-state index >= 15 is 0 Å². The minimum absolute atomic E-state index is 1.03. The van der Waals surface area contributed by atoms with E-state index in [1.807, 2.05) is 0 Å². The van der Waals surface area contributed by atoms with E-state index in [1.54, 1.807) is 0 Å². The third-order valence-electron chi connectivity index (χ3n) is 6.65. The number of rotatable bonds is 12. The SMILES string of the molecule is CCN(CC)c1cccc([As](c2cccc(N(CC)CC)c2)c2cccc(N(CC)CC)c2)c1. The molecule has 3 aromatic rings. The summed E-state index contributed by atoms with van der Waals surface area (Å²) in [7, 11) is 0. The number of hydrogen-bond donors (Lipinski definition) is 0. The molecule has 0 radical (unpaired) electrons. The molecule has 3 nitrogen and oxygen atoms in total. The van der Waals surface area contributed by atoms with Crippen molar-refractivity contribution in [1.29, 1.82) is 0 Å². The van der Waals surface area contributed by atoms with Gasteiger partial charge in [-0.1, -0.05) is 0 Å². The van der Waals surface area contributed by atoms with E-state index in [1.165, 1.54) is 30.1 Å². The van der Waals surface area contributed by atoms with Crippen LogP contribution in [-0.4, -0.2) is 53.9 Å². The molecule has 0 aromatic heterocycles. The first-order chi connectivity index (χ1) is 16.6. The van der Waals surface area contributed by atoms with E-state index < -0.39 is 14.7 Å². The molecule has 0 atom stereocenters. The normalized spacial score (nSPS) is 11.0. The summed E-state index contributed by atoms with van der Waals surface area (Å²) in [5, 5.41) is 0. The van der Waals surface area contributed by atoms with Crippen molar-refractivity contribution in [3.63, 3.8) is 0 Å². The van der Waals surface area contributed by atoms with Crippen LogP contribution in [0.3, 0.4) is 0 Å². The number of nitrogens with zero attached hydrogens (tertiary/aromatic N) is 3. The van der Waals surface area contributed by atoms with Crippen molar-refractivity contribution in [3.8, 4) is 0 Å². The van der Waals surface area contributed by atoms with Crippen molar-refractivity contribution in [1.82, 2.24) is 0 Å². The van der Waals surface area contributed by atoms with Crippen molar-refractivity contribution < 1.29 is 0 Å². The summed E-state index contributed by atoms with van der Waals surface area (Å²) in [4.78, 5) is 7.36. The van der Waals surface area contributed by atoms with Crippen LogP contribution < -0.4 is 27.8 Å². The molecular weight excluding hydrogens is 477 g/mol. The molecule has 34 heavy (non-hydrogen) atoms. The molecule has 3 rings (SSSR count). The Morgan fingerprint density at radius 3 is 0.941 bits per heavy atom. The van der Waals surface area contributed by atoms with Gasteiger partial charge in [0.1, 0.15) is 0 Å². The Bertz CT molecular complexity index is 891. The molecule has 0 amide bonds. The van der Waals surface area contributed by atoms with Crippen molar-refractivity contribution in [2.24, 2.45) is 0 Å². The predicted molar refractivity (Wildman–Crippen MR) is 155 cm³/mol. The molecule has 3 aromatic carbocycles. The van der Waals surface area contributed by atoms with E-state index in [0.29, 0.717) is 0 Å². The fourth-order valence-electron chi connectivity index (χ4n) is 4.70. The average molecular weight is 520 g/mol. The molecule has 0 spiro atoms. The van der Waals surface area contributed by atoms with Crippen LogP contribution in [-0.2, 0) is 0 Å². The standard InChI is InChI=1S/C30H42AsN3/c1-7-32(8-2)28-19-13-16-25(22-28)31(26-17-14-20-29(23-26)33(9-3)10-4)27-18-15-21-30(24-27)34(11-5)12-6/h13-24H,7-12H2,1-6H3. The maximum atomic E-state index is 2.46. The van der Waals surface area contributed by atoms with Crippen molar-refractivity contribution in [3.05, 3.63) is 72.8 Å². The molecule has 0 saturated carbocycles. The van der Waals surface area contributed by atoms with Crippen LogP contribution in [0.5, 0.6) is 0 Å². The van der Waals surface area contributed by atoms with Gasteiger partial charge in [0, 0.05) is 0 Å². The van der Waals surface area contributed by atoms with Gasteiger partial charge in [-0.25, -0.2) is 0 Å². The van der Waals surface area contributed by atoms with Crippen molar-refractivity contribution in [2.75, 3.05) is 54.0 Å². The zero-order valence-electron chi connectivity index (χ0n) is 22.0. The summed E-state index contributed by atoms with van der Waals surface area (Å²) >= 11 is -1.76. The first-order valence-corrected chi connectivity index (χ1v) is 15.8. The first-order valence-electron chi connectivity index (χ1n) is 12.9. The summed E-state index contributed by atoms with van der Waals surface area (Å²) in [6.45, 7) is 19.6. The Labute approximate surface area is 212 Å². The van der Waals surface area contributed by atoms with Gasteiger partial charge < -0.3 is 0 Å². The molecule has 4 heteroatoms. The second kappa shape index (κ2) is 12.9. The fourth-order valence-corrected chi connectivity index (χ4v) is 9.70. The number of anilines is 3. The van der Waals surface area contributed by atoms with Gasteiger partial charge in [0.25, 0.3) is 0 Å². The Hall–Kier alpha value is -2.38. The number of benzene rings is 3. The molecule has 0 bridgehead atoms. The van der Waals surface area contributed by atoms with Crippen LogP contribution >= 0.6 is 0 Å². The molecule has 0 aliphatic heterocycles. The van der Waals surface area contributed by atoms with Gasteiger partial charge in [-0.3, -0.25) is 0 Å². The van der Waals surface area contributed by atoms with E-state index in [0.717, 1.165) is 39.3 Å². The zero-order valence-corrected chi connectivity index (χ0v) is 23.8. The third-order valence-corrected chi connectivity index (χ3v) is 11.7. The molecule has 0 aliphatic rings. The van der Waals surface area contributed by atoms with Gasteiger partial charge in [0.2, 0.25) is 0 Å². The van der Waals surface area contributed by atoms with E-state index in [2.05, 4.69) is 129 Å². The third kappa shape index (κ3) is 5.99. The second-order valence-electron chi connectivity index (χ2n) is 8.41. The molecule has 0 N–H and O–H groups in total. The minimum atomic E-state index is -1.76. The average Bonchev–Trinajstić information content (AvgIpc) is 2.87. The molecule has 0 unspecified atom stereocenters. The van der Waals surface area contributed by atoms with Gasteiger partial charge in [0.05, 0.1) is 0 Å². The quantitative estimate of drug-likeness (QED) is 0.320. The van der Waals surface area contributed by atoms with Gasteiger partial charge >= 0.3 is 213 Å². The van der Waals surface area contributed by atoms with Crippen LogP contribution in [0.4, 0.5) is 17.1 Å². The summed E-state index contributed by atoms with van der Waals surface area (Å²) in [6, 6.07) is 28.0. The summed E-state index contributed by atoms with van der Waals surface area (Å²) < 4.78 is 4.47. The van der Waals surface area contributed by atoms with E-state index in [-0.39, 0.29) is 0 Å². The van der Waals surface area contributed by atoms with Crippen LogP contribution in [0.1, 0.15) is 41.5 Å². The topological polar surface area (TPSA) is 9.72 Å². The first kappa shape index (κ1) is 26.2. The molecule has 0 heterocycles. The Morgan fingerprint density at radius 2 is 0.706 bits per heavy atom. The maximum absolute atomic E-state index is 2.46. The molecule has 0 fully saturated rings. The van der Waals surface area contributed by atoms with Crippen molar-refractivity contribution >= 4 is 44.8 Å². The van der Waals surface area contributed by atoms with Gasteiger partial charge in [-0.15, -0.1) is 0 Å². The molecule has 0 saturated heterocycles. The van der Waals surface area contributed by atoms with Gasteiger partial charge in [0.15, 0.2) is 0 Å². The van der Waals surface area contributed by atoms with Crippen molar-refractivity contribution in [2.45, 2.75) is 41.5 Å². The monoisotopic (exact) mass is 519 g/mol. The summed E-state index contributed by atoms with van der Waals surface area (Å²) in [5.41, 5.74) is 4.00. The van der Waals surface area contributed by atoms with Crippen LogP contribution in [0, 0.1) is 0 Å². The second-order valence-corrected chi connectivity index (χ2v) is 13.1. The van der Waals surface area contributed by atoms with E-state index in [9.17, 15) is 0 Å². The molecule has 182 valence electrons. The molecule has 0 aliphatic carbocycles. The number of hydrogen-bond acceptors (Lipinski definition) is 3. The van der Waals surface area contributed by atoms with Gasteiger partial charge in [-0.2, -0.15) is 0 Å². The van der Waals surface area contributed by atoms with E-state index in [4.69, 9.17) is 0 Å². The molecular formula is C30H42AsN3. The Kier molecular flexibility index (Phi) is 9.96. The predicted octanol–water partition coefficient (Wildman–Crippen LogP) is 4.74. The summed E-state index contributed by atoms with van der Waals surface area (Å²) in [5.74, 6) is 0. The fraction of sp³-hybridized carbons (Fsp3) is 0.400. The van der Waals surface area contributed by atoms with Crippen LogP contribution in [0.15, 0.2) is 72.8 Å². The Balaban J connectivity index is 2.17. The van der Waals surface area contributed by atoms with Crippen LogP contribution in [0.25, 0.3) is 0 Å². The summed E-state index contributed by atoms with van der Waals surface area (Å²) in [6.07, 6.45) is 0. The van der Waals surface area contributed by atoms with Crippen LogP contribution in [0.2, 0.25) is 0 Å². The van der Waals surface area contributed by atoms with Gasteiger partial charge in [-0.05, 0) is 0 Å².